The standard InChI is InChI=1S/C7H12FNO2/c8-5-1-2-6(9-4-10)7(11)3-5/h4-7,11H,1-3H2,(H,9,10). The Bertz CT molecular complexity index is 142. The van der Waals surface area contributed by atoms with Gasteiger partial charge in [0.1, 0.15) is 6.17 Å². The third kappa shape index (κ3) is 2.15. The van der Waals surface area contributed by atoms with Crippen LogP contribution in [0.5, 0.6) is 0 Å². The van der Waals surface area contributed by atoms with E-state index in [0.717, 1.165) is 0 Å². The van der Waals surface area contributed by atoms with Crippen molar-refractivity contribution in [2.45, 2.75) is 37.6 Å². The van der Waals surface area contributed by atoms with E-state index < -0.39 is 12.3 Å². The minimum Gasteiger partial charge on any atom is -0.391 e. The number of alkyl halides is 1. The molecular weight excluding hydrogens is 149 g/mol. The van der Waals surface area contributed by atoms with E-state index in [1.807, 2.05) is 0 Å². The van der Waals surface area contributed by atoms with Gasteiger partial charge in [0.15, 0.2) is 0 Å². The first-order chi connectivity index (χ1) is 5.24. The summed E-state index contributed by atoms with van der Waals surface area (Å²) in [7, 11) is 0. The number of nitrogens with one attached hydrogen (secondary N) is 1. The molecule has 1 rings (SSSR count). The lowest BCUT2D eigenvalue weighted by atomic mass is 9.91. The molecule has 0 aromatic rings. The van der Waals surface area contributed by atoms with Crippen LogP contribution in [0.15, 0.2) is 0 Å². The molecule has 1 saturated carbocycles. The third-order valence-corrected chi connectivity index (χ3v) is 2.03. The topological polar surface area (TPSA) is 49.3 Å². The summed E-state index contributed by atoms with van der Waals surface area (Å²) in [5, 5.41) is 11.7. The van der Waals surface area contributed by atoms with Crippen LogP contribution < -0.4 is 5.32 Å². The molecule has 2 N–H and O–H groups in total. The van der Waals surface area contributed by atoms with Crippen LogP contribution in [0.3, 0.4) is 0 Å². The predicted molar refractivity (Wildman–Crippen MR) is 37.7 cm³/mol. The number of amides is 1. The zero-order valence-corrected chi connectivity index (χ0v) is 6.16. The Morgan fingerprint density at radius 3 is 2.82 bits per heavy atom. The molecule has 1 fully saturated rings. The molecule has 1 aliphatic rings. The van der Waals surface area contributed by atoms with Gasteiger partial charge in [-0.2, -0.15) is 0 Å². The second-order valence-electron chi connectivity index (χ2n) is 2.87. The average Bonchev–Trinajstić information content (AvgIpc) is 1.95. The highest BCUT2D eigenvalue weighted by Crippen LogP contribution is 2.21. The van der Waals surface area contributed by atoms with Gasteiger partial charge in [0, 0.05) is 6.42 Å². The molecule has 0 aromatic heterocycles. The molecular formula is C7H12FNO2. The van der Waals surface area contributed by atoms with Crippen molar-refractivity contribution in [2.75, 3.05) is 0 Å². The van der Waals surface area contributed by atoms with Crippen LogP contribution in [-0.2, 0) is 4.79 Å². The van der Waals surface area contributed by atoms with Crippen LogP contribution in [0.25, 0.3) is 0 Å². The van der Waals surface area contributed by atoms with Crippen molar-refractivity contribution in [3.63, 3.8) is 0 Å². The summed E-state index contributed by atoms with van der Waals surface area (Å²) in [4.78, 5) is 9.98. The number of carbonyl (C=O) groups excluding carboxylic acids is 1. The van der Waals surface area contributed by atoms with Gasteiger partial charge in [0.25, 0.3) is 0 Å². The van der Waals surface area contributed by atoms with Crippen LogP contribution in [0.1, 0.15) is 19.3 Å². The maximum Gasteiger partial charge on any atom is 0.207 e. The number of carbonyl (C=O) groups is 1. The molecule has 0 heterocycles. The number of hydrogen-bond donors (Lipinski definition) is 2. The molecule has 1 aliphatic carbocycles. The summed E-state index contributed by atoms with van der Waals surface area (Å²) in [6.07, 6.45) is 0.0281. The Kier molecular flexibility index (Phi) is 2.82. The highest BCUT2D eigenvalue weighted by Gasteiger charge is 2.28. The maximum atomic E-state index is 12.6. The molecule has 0 aliphatic heterocycles. The zero-order chi connectivity index (χ0) is 8.27. The maximum absolute atomic E-state index is 12.6. The first-order valence-electron chi connectivity index (χ1n) is 3.76. The predicted octanol–water partition coefficient (Wildman–Crippen LogP) is -0.0161. The van der Waals surface area contributed by atoms with E-state index in [1.165, 1.54) is 0 Å². The summed E-state index contributed by atoms with van der Waals surface area (Å²) in [6.45, 7) is 0. The van der Waals surface area contributed by atoms with Crippen molar-refractivity contribution < 1.29 is 14.3 Å². The molecule has 0 aromatic carbocycles. The van der Waals surface area contributed by atoms with Gasteiger partial charge in [-0.3, -0.25) is 4.79 Å². The van der Waals surface area contributed by atoms with E-state index >= 15 is 0 Å². The molecule has 0 saturated heterocycles. The lowest BCUT2D eigenvalue weighted by molar-refractivity contribution is -0.111. The molecule has 0 spiro atoms. The molecule has 0 radical (unpaired) electrons. The summed E-state index contributed by atoms with van der Waals surface area (Å²) in [5.41, 5.74) is 0. The Morgan fingerprint density at radius 2 is 2.27 bits per heavy atom. The largest absolute Gasteiger partial charge is 0.391 e. The van der Waals surface area contributed by atoms with Crippen LogP contribution in [0.4, 0.5) is 4.39 Å². The smallest absolute Gasteiger partial charge is 0.207 e. The van der Waals surface area contributed by atoms with E-state index in [-0.39, 0.29) is 12.5 Å². The molecule has 1 amide bonds. The van der Waals surface area contributed by atoms with Crippen molar-refractivity contribution in [1.82, 2.24) is 5.32 Å². The Labute approximate surface area is 64.6 Å². The van der Waals surface area contributed by atoms with Gasteiger partial charge < -0.3 is 10.4 Å². The van der Waals surface area contributed by atoms with Crippen LogP contribution >= 0.6 is 0 Å². The molecule has 3 atom stereocenters. The quantitative estimate of drug-likeness (QED) is 0.559. The summed E-state index contributed by atoms with van der Waals surface area (Å²) in [5.74, 6) is 0. The number of aliphatic hydroxyl groups is 1. The van der Waals surface area contributed by atoms with Crippen LogP contribution in [0, 0.1) is 0 Å². The minimum absolute atomic E-state index is 0.144. The van der Waals surface area contributed by atoms with Gasteiger partial charge in [-0.25, -0.2) is 4.39 Å². The van der Waals surface area contributed by atoms with Gasteiger partial charge in [-0.05, 0) is 12.8 Å². The molecule has 11 heavy (non-hydrogen) atoms. The lowest BCUT2D eigenvalue weighted by Gasteiger charge is -2.28. The van der Waals surface area contributed by atoms with Crippen molar-refractivity contribution >= 4 is 6.41 Å². The highest BCUT2D eigenvalue weighted by atomic mass is 19.1. The summed E-state index contributed by atoms with van der Waals surface area (Å²) >= 11 is 0. The van der Waals surface area contributed by atoms with Crippen molar-refractivity contribution in [3.8, 4) is 0 Å². The van der Waals surface area contributed by atoms with E-state index in [4.69, 9.17) is 0 Å². The summed E-state index contributed by atoms with van der Waals surface area (Å²) in [6, 6.07) is -0.250. The fourth-order valence-electron chi connectivity index (χ4n) is 1.38. The van der Waals surface area contributed by atoms with E-state index in [2.05, 4.69) is 5.32 Å². The number of aliphatic hydroxyl groups excluding tert-OH is 1. The monoisotopic (exact) mass is 161 g/mol. The molecule has 4 heteroatoms. The molecule has 3 unspecified atom stereocenters. The SMILES string of the molecule is O=CNC1CCC(F)CC1O. The first kappa shape index (κ1) is 8.46. The second kappa shape index (κ2) is 3.67. The Hall–Kier alpha value is -0.640. The number of rotatable bonds is 2. The Morgan fingerprint density at radius 1 is 1.55 bits per heavy atom. The zero-order valence-electron chi connectivity index (χ0n) is 6.16. The van der Waals surface area contributed by atoms with Crippen molar-refractivity contribution in [3.05, 3.63) is 0 Å². The van der Waals surface area contributed by atoms with E-state index in [1.54, 1.807) is 0 Å². The second-order valence-corrected chi connectivity index (χ2v) is 2.87. The molecule has 64 valence electrons. The minimum atomic E-state index is -0.908. The first-order valence-corrected chi connectivity index (χ1v) is 3.76. The van der Waals surface area contributed by atoms with Crippen LogP contribution in [0.2, 0.25) is 0 Å². The summed E-state index contributed by atoms with van der Waals surface area (Å²) < 4.78 is 12.6. The van der Waals surface area contributed by atoms with Gasteiger partial charge in [-0.15, -0.1) is 0 Å². The molecule has 3 nitrogen and oxygen atoms in total. The van der Waals surface area contributed by atoms with Gasteiger partial charge in [0.2, 0.25) is 6.41 Å². The van der Waals surface area contributed by atoms with Gasteiger partial charge in [0.05, 0.1) is 12.1 Å². The third-order valence-electron chi connectivity index (χ3n) is 2.03. The Balaban J connectivity index is 2.37. The van der Waals surface area contributed by atoms with Crippen molar-refractivity contribution in [2.24, 2.45) is 0 Å². The average molecular weight is 161 g/mol. The molecule has 0 bridgehead atoms. The highest BCUT2D eigenvalue weighted by molar-refractivity contribution is 5.46. The van der Waals surface area contributed by atoms with Crippen molar-refractivity contribution in [1.29, 1.82) is 0 Å². The lowest BCUT2D eigenvalue weighted by Crippen LogP contribution is -2.44. The van der Waals surface area contributed by atoms with E-state index in [9.17, 15) is 14.3 Å². The fraction of sp³-hybridized carbons (Fsp3) is 0.857. The fourth-order valence-corrected chi connectivity index (χ4v) is 1.38. The number of halogens is 1. The van der Waals surface area contributed by atoms with Crippen LogP contribution in [-0.4, -0.2) is 29.8 Å². The van der Waals surface area contributed by atoms with E-state index in [0.29, 0.717) is 19.3 Å². The normalized spacial score (nSPS) is 38.2. The van der Waals surface area contributed by atoms with Gasteiger partial charge >= 0.3 is 0 Å². The number of hydrogen-bond acceptors (Lipinski definition) is 2. The van der Waals surface area contributed by atoms with Gasteiger partial charge in [-0.1, -0.05) is 0 Å².